The zero-order chi connectivity index (χ0) is 13.4. The van der Waals surface area contributed by atoms with Crippen LogP contribution in [0.25, 0.3) is 0 Å². The Morgan fingerprint density at radius 1 is 1.33 bits per heavy atom. The number of ether oxygens (including phenoxy) is 1. The van der Waals surface area contributed by atoms with E-state index in [2.05, 4.69) is 44.1 Å². The van der Waals surface area contributed by atoms with Crippen molar-refractivity contribution < 1.29 is 4.74 Å². The van der Waals surface area contributed by atoms with Gasteiger partial charge in [0.25, 0.3) is 0 Å². The van der Waals surface area contributed by atoms with E-state index in [1.54, 1.807) is 6.20 Å². The van der Waals surface area contributed by atoms with Gasteiger partial charge in [-0.15, -0.1) is 0 Å². The summed E-state index contributed by atoms with van der Waals surface area (Å²) in [5, 5.41) is 3.38. The molecule has 0 aromatic carbocycles. The monoisotopic (exact) mass is 250 g/mol. The van der Waals surface area contributed by atoms with Crippen LogP contribution in [0.4, 0.5) is 0 Å². The van der Waals surface area contributed by atoms with E-state index in [1.165, 1.54) is 0 Å². The van der Waals surface area contributed by atoms with Gasteiger partial charge in [-0.25, -0.2) is 4.98 Å². The molecule has 0 aliphatic carbocycles. The lowest BCUT2D eigenvalue weighted by Gasteiger charge is -2.18. The van der Waals surface area contributed by atoms with Gasteiger partial charge in [0.05, 0.1) is 6.61 Å². The first-order valence-corrected chi connectivity index (χ1v) is 6.80. The smallest absolute Gasteiger partial charge is 0.217 e. The average Bonchev–Trinajstić information content (AvgIpc) is 2.30. The Kier molecular flexibility index (Phi) is 6.13. The lowest BCUT2D eigenvalue weighted by molar-refractivity contribution is 0.234. The average molecular weight is 250 g/mol. The molecule has 0 spiro atoms. The highest BCUT2D eigenvalue weighted by Crippen LogP contribution is 2.20. The third-order valence-electron chi connectivity index (χ3n) is 2.68. The highest BCUT2D eigenvalue weighted by molar-refractivity contribution is 5.25. The van der Waals surface area contributed by atoms with E-state index in [0.717, 1.165) is 44.0 Å². The van der Waals surface area contributed by atoms with Gasteiger partial charge < -0.3 is 10.1 Å². The molecule has 102 valence electrons. The molecule has 1 N–H and O–H groups in total. The molecule has 0 atom stereocenters. The molecule has 18 heavy (non-hydrogen) atoms. The summed E-state index contributed by atoms with van der Waals surface area (Å²) in [6.45, 7) is 11.4. The Morgan fingerprint density at radius 2 is 2.11 bits per heavy atom. The minimum Gasteiger partial charge on any atom is -0.477 e. The molecule has 0 amide bonds. The van der Waals surface area contributed by atoms with E-state index < -0.39 is 0 Å². The molecule has 0 saturated carbocycles. The lowest BCUT2D eigenvalue weighted by Crippen LogP contribution is -2.16. The highest BCUT2D eigenvalue weighted by atomic mass is 16.5. The van der Waals surface area contributed by atoms with Crippen molar-refractivity contribution >= 4 is 0 Å². The zero-order valence-electron chi connectivity index (χ0n) is 12.1. The van der Waals surface area contributed by atoms with E-state index in [0.29, 0.717) is 5.41 Å². The third kappa shape index (κ3) is 6.01. The quantitative estimate of drug-likeness (QED) is 0.753. The van der Waals surface area contributed by atoms with Crippen LogP contribution in [0.2, 0.25) is 0 Å². The topological polar surface area (TPSA) is 34.2 Å². The van der Waals surface area contributed by atoms with Gasteiger partial charge in [0, 0.05) is 18.3 Å². The van der Waals surface area contributed by atoms with Crippen LogP contribution in [-0.2, 0) is 6.54 Å². The molecule has 1 aromatic heterocycles. The first-order valence-electron chi connectivity index (χ1n) is 6.80. The maximum absolute atomic E-state index is 5.79. The van der Waals surface area contributed by atoms with Gasteiger partial charge in [-0.1, -0.05) is 33.8 Å². The van der Waals surface area contributed by atoms with Crippen molar-refractivity contribution in [2.45, 2.75) is 47.1 Å². The molecule has 3 nitrogen and oxygen atoms in total. The van der Waals surface area contributed by atoms with Gasteiger partial charge in [0.1, 0.15) is 0 Å². The molecule has 3 heteroatoms. The Morgan fingerprint density at radius 3 is 2.78 bits per heavy atom. The van der Waals surface area contributed by atoms with Gasteiger partial charge in [-0.2, -0.15) is 0 Å². The molecule has 0 bridgehead atoms. The summed E-state index contributed by atoms with van der Waals surface area (Å²) in [6, 6.07) is 4.03. The minimum atomic E-state index is 0.301. The number of aromatic nitrogens is 1. The van der Waals surface area contributed by atoms with Gasteiger partial charge in [0.2, 0.25) is 5.88 Å². The van der Waals surface area contributed by atoms with E-state index in [-0.39, 0.29) is 0 Å². The normalized spacial score (nSPS) is 11.6. The number of hydrogen-bond acceptors (Lipinski definition) is 3. The second kappa shape index (κ2) is 7.37. The van der Waals surface area contributed by atoms with Crippen LogP contribution in [-0.4, -0.2) is 18.1 Å². The van der Waals surface area contributed by atoms with E-state index in [9.17, 15) is 0 Å². The Bertz CT molecular complexity index is 345. The van der Waals surface area contributed by atoms with Crippen molar-refractivity contribution in [1.82, 2.24) is 10.3 Å². The maximum Gasteiger partial charge on any atom is 0.217 e. The van der Waals surface area contributed by atoms with Crippen molar-refractivity contribution in [3.8, 4) is 5.88 Å². The fourth-order valence-electron chi connectivity index (χ4n) is 1.54. The van der Waals surface area contributed by atoms with Gasteiger partial charge >= 0.3 is 0 Å². The van der Waals surface area contributed by atoms with E-state index in [1.807, 2.05) is 6.07 Å². The number of hydrogen-bond donors (Lipinski definition) is 1. The third-order valence-corrected chi connectivity index (χ3v) is 2.68. The van der Waals surface area contributed by atoms with Gasteiger partial charge in [0.15, 0.2) is 0 Å². The number of nitrogens with zero attached hydrogens (tertiary/aromatic N) is 1. The van der Waals surface area contributed by atoms with Crippen LogP contribution in [0.3, 0.4) is 0 Å². The summed E-state index contributed by atoms with van der Waals surface area (Å²) in [7, 11) is 0. The standard InChI is InChI=1S/C15H26N2O/c1-5-9-16-12-13-7-6-10-17-14(13)18-11-8-15(2,3)4/h6-7,10,16H,5,8-9,11-12H2,1-4H3. The maximum atomic E-state index is 5.79. The Balaban J connectivity index is 2.48. The highest BCUT2D eigenvalue weighted by Gasteiger charge is 2.11. The fourth-order valence-corrected chi connectivity index (χ4v) is 1.54. The predicted molar refractivity (Wildman–Crippen MR) is 75.8 cm³/mol. The molecular formula is C15H26N2O. The van der Waals surface area contributed by atoms with E-state index in [4.69, 9.17) is 4.74 Å². The number of nitrogens with one attached hydrogen (secondary N) is 1. The van der Waals surface area contributed by atoms with Crippen LogP contribution in [0, 0.1) is 5.41 Å². The molecule has 0 unspecified atom stereocenters. The van der Waals surface area contributed by atoms with Crippen molar-refractivity contribution in [1.29, 1.82) is 0 Å². The molecule has 1 rings (SSSR count). The summed E-state index contributed by atoms with van der Waals surface area (Å²) < 4.78 is 5.79. The molecule has 1 heterocycles. The SMILES string of the molecule is CCCNCc1cccnc1OCCC(C)(C)C. The second-order valence-electron chi connectivity index (χ2n) is 5.80. The van der Waals surface area contributed by atoms with Crippen molar-refractivity contribution in [2.24, 2.45) is 5.41 Å². The van der Waals surface area contributed by atoms with Crippen LogP contribution in [0.1, 0.15) is 46.1 Å². The van der Waals surface area contributed by atoms with Gasteiger partial charge in [-0.3, -0.25) is 0 Å². The predicted octanol–water partition coefficient (Wildman–Crippen LogP) is 3.40. The van der Waals surface area contributed by atoms with Crippen molar-refractivity contribution in [3.63, 3.8) is 0 Å². The van der Waals surface area contributed by atoms with Crippen LogP contribution < -0.4 is 10.1 Å². The van der Waals surface area contributed by atoms with Crippen LogP contribution in [0.5, 0.6) is 5.88 Å². The number of rotatable bonds is 7. The molecule has 0 radical (unpaired) electrons. The summed E-state index contributed by atoms with van der Waals surface area (Å²) in [6.07, 6.45) is 3.96. The number of pyridine rings is 1. The first-order chi connectivity index (χ1) is 8.53. The molecule has 0 aliphatic rings. The van der Waals surface area contributed by atoms with Gasteiger partial charge in [-0.05, 0) is 30.9 Å². The Hall–Kier alpha value is -1.09. The molecule has 0 aliphatic heterocycles. The van der Waals surface area contributed by atoms with Crippen molar-refractivity contribution in [3.05, 3.63) is 23.9 Å². The summed E-state index contributed by atoms with van der Waals surface area (Å²) in [4.78, 5) is 4.31. The first kappa shape index (κ1) is 15.0. The largest absolute Gasteiger partial charge is 0.477 e. The summed E-state index contributed by atoms with van der Waals surface area (Å²) >= 11 is 0. The summed E-state index contributed by atoms with van der Waals surface area (Å²) in [5.74, 6) is 0.769. The molecule has 0 fully saturated rings. The van der Waals surface area contributed by atoms with Crippen LogP contribution in [0.15, 0.2) is 18.3 Å². The zero-order valence-corrected chi connectivity index (χ0v) is 12.1. The van der Waals surface area contributed by atoms with Crippen molar-refractivity contribution in [2.75, 3.05) is 13.2 Å². The Labute approximate surface area is 111 Å². The lowest BCUT2D eigenvalue weighted by atomic mass is 9.93. The van der Waals surface area contributed by atoms with Crippen LogP contribution >= 0.6 is 0 Å². The molecule has 1 aromatic rings. The molecule has 0 saturated heterocycles. The fraction of sp³-hybridized carbons (Fsp3) is 0.667. The minimum absolute atomic E-state index is 0.301. The summed E-state index contributed by atoms with van der Waals surface area (Å²) in [5.41, 5.74) is 1.44. The second-order valence-corrected chi connectivity index (χ2v) is 5.80. The molecular weight excluding hydrogens is 224 g/mol. The van der Waals surface area contributed by atoms with E-state index >= 15 is 0 Å².